The molecule has 0 aromatic heterocycles. The number of carboxylic acid groups (broad SMARTS) is 1. The lowest BCUT2D eigenvalue weighted by Crippen LogP contribution is -2.25. The van der Waals surface area contributed by atoms with Crippen molar-refractivity contribution in [2.45, 2.75) is 44.9 Å². The number of unbranched alkanes of at least 4 members (excludes halogenated alkanes) is 2. The van der Waals surface area contributed by atoms with E-state index in [1.165, 1.54) is 0 Å². The van der Waals surface area contributed by atoms with Gasteiger partial charge in [0.15, 0.2) is 0 Å². The summed E-state index contributed by atoms with van der Waals surface area (Å²) in [5.41, 5.74) is 0. The van der Waals surface area contributed by atoms with Crippen molar-refractivity contribution in [1.29, 1.82) is 0 Å². The second-order valence-electron chi connectivity index (χ2n) is 4.48. The zero-order chi connectivity index (χ0) is 12.0. The van der Waals surface area contributed by atoms with Gasteiger partial charge >= 0.3 is 5.97 Å². The SMILES string of the molecule is C=CCCCCC(=O)[C@H]1CCC[C@H]1C(=O)O. The third kappa shape index (κ3) is 3.47. The van der Waals surface area contributed by atoms with E-state index in [0.29, 0.717) is 12.8 Å². The predicted octanol–water partition coefficient (Wildman–Crippen LogP) is 2.80. The smallest absolute Gasteiger partial charge is 0.307 e. The Bertz CT molecular complexity index is 270. The number of ketones is 1. The van der Waals surface area contributed by atoms with Gasteiger partial charge in [0.05, 0.1) is 5.92 Å². The van der Waals surface area contributed by atoms with Crippen molar-refractivity contribution in [2.75, 3.05) is 0 Å². The summed E-state index contributed by atoms with van der Waals surface area (Å²) in [6, 6.07) is 0. The van der Waals surface area contributed by atoms with E-state index in [-0.39, 0.29) is 11.7 Å². The number of allylic oxidation sites excluding steroid dienone is 1. The first-order valence-electron chi connectivity index (χ1n) is 6.03. The summed E-state index contributed by atoms with van der Waals surface area (Å²) < 4.78 is 0. The Kier molecular flexibility index (Phi) is 5.23. The Balaban J connectivity index is 2.35. The van der Waals surface area contributed by atoms with Crippen LogP contribution in [0, 0.1) is 11.8 Å². The van der Waals surface area contributed by atoms with E-state index in [9.17, 15) is 9.59 Å². The van der Waals surface area contributed by atoms with Gasteiger partial charge in [-0.05, 0) is 32.1 Å². The predicted molar refractivity (Wildman–Crippen MR) is 62.1 cm³/mol. The molecule has 3 nitrogen and oxygen atoms in total. The summed E-state index contributed by atoms with van der Waals surface area (Å²) in [6.45, 7) is 3.63. The van der Waals surface area contributed by atoms with Crippen LogP contribution in [0.15, 0.2) is 12.7 Å². The van der Waals surface area contributed by atoms with Crippen molar-refractivity contribution in [3.8, 4) is 0 Å². The van der Waals surface area contributed by atoms with Gasteiger partial charge in [-0.1, -0.05) is 12.5 Å². The number of carbonyl (C=O) groups excluding carboxylic acids is 1. The molecule has 0 saturated heterocycles. The summed E-state index contributed by atoms with van der Waals surface area (Å²) in [4.78, 5) is 22.8. The van der Waals surface area contributed by atoms with Crippen LogP contribution in [0.25, 0.3) is 0 Å². The lowest BCUT2D eigenvalue weighted by atomic mass is 9.89. The molecule has 0 heterocycles. The van der Waals surface area contributed by atoms with Crippen LogP contribution in [0.4, 0.5) is 0 Å². The molecule has 1 saturated carbocycles. The Labute approximate surface area is 96.5 Å². The van der Waals surface area contributed by atoms with Gasteiger partial charge in [-0.15, -0.1) is 6.58 Å². The Morgan fingerprint density at radius 1 is 1.25 bits per heavy atom. The Morgan fingerprint density at radius 3 is 2.56 bits per heavy atom. The molecule has 1 rings (SSSR count). The van der Waals surface area contributed by atoms with E-state index in [0.717, 1.165) is 32.1 Å². The van der Waals surface area contributed by atoms with Crippen LogP contribution in [-0.2, 0) is 9.59 Å². The normalized spacial score (nSPS) is 24.2. The highest BCUT2D eigenvalue weighted by atomic mass is 16.4. The minimum atomic E-state index is -0.804. The minimum Gasteiger partial charge on any atom is -0.481 e. The molecule has 3 heteroatoms. The molecule has 0 aliphatic heterocycles. The summed E-state index contributed by atoms with van der Waals surface area (Å²) in [5.74, 6) is -1.30. The molecule has 0 radical (unpaired) electrons. The van der Waals surface area contributed by atoms with Crippen molar-refractivity contribution >= 4 is 11.8 Å². The highest BCUT2D eigenvalue weighted by Crippen LogP contribution is 2.33. The number of hydrogen-bond acceptors (Lipinski definition) is 2. The molecule has 0 bridgehead atoms. The Morgan fingerprint density at radius 2 is 1.94 bits per heavy atom. The molecule has 1 fully saturated rings. The number of Topliss-reactive ketones (excluding diaryl/α,β-unsaturated/α-hetero) is 1. The van der Waals surface area contributed by atoms with Crippen LogP contribution < -0.4 is 0 Å². The van der Waals surface area contributed by atoms with Crippen molar-refractivity contribution in [1.82, 2.24) is 0 Å². The third-order valence-corrected chi connectivity index (χ3v) is 3.33. The molecule has 90 valence electrons. The monoisotopic (exact) mass is 224 g/mol. The second-order valence-corrected chi connectivity index (χ2v) is 4.48. The molecule has 0 spiro atoms. The lowest BCUT2D eigenvalue weighted by Gasteiger charge is -2.13. The van der Waals surface area contributed by atoms with Crippen LogP contribution in [0.3, 0.4) is 0 Å². The first-order valence-corrected chi connectivity index (χ1v) is 6.03. The minimum absolute atomic E-state index is 0.147. The molecule has 1 aliphatic carbocycles. The van der Waals surface area contributed by atoms with E-state index in [4.69, 9.17) is 5.11 Å². The first-order chi connectivity index (χ1) is 7.66. The molecule has 1 aliphatic rings. The Hall–Kier alpha value is -1.12. The van der Waals surface area contributed by atoms with Crippen LogP contribution in [0.2, 0.25) is 0 Å². The van der Waals surface area contributed by atoms with Gasteiger partial charge in [-0.25, -0.2) is 0 Å². The number of hydrogen-bond donors (Lipinski definition) is 1. The molecule has 2 atom stereocenters. The van der Waals surface area contributed by atoms with Gasteiger partial charge in [-0.3, -0.25) is 9.59 Å². The maximum atomic E-state index is 11.8. The first kappa shape index (κ1) is 12.9. The highest BCUT2D eigenvalue weighted by molar-refractivity contribution is 5.86. The third-order valence-electron chi connectivity index (χ3n) is 3.33. The zero-order valence-corrected chi connectivity index (χ0v) is 9.65. The van der Waals surface area contributed by atoms with E-state index in [1.807, 2.05) is 6.08 Å². The molecule has 1 N–H and O–H groups in total. The number of carboxylic acids is 1. The van der Waals surface area contributed by atoms with Crippen LogP contribution in [0.5, 0.6) is 0 Å². The van der Waals surface area contributed by atoms with Gasteiger partial charge < -0.3 is 5.11 Å². The summed E-state index contributed by atoms with van der Waals surface area (Å²) in [7, 11) is 0. The van der Waals surface area contributed by atoms with E-state index < -0.39 is 11.9 Å². The molecule has 0 amide bonds. The number of aliphatic carboxylic acids is 1. The summed E-state index contributed by atoms with van der Waals surface area (Å²) in [6.07, 6.45) is 7.44. The largest absolute Gasteiger partial charge is 0.481 e. The van der Waals surface area contributed by atoms with Gasteiger partial charge in [0.1, 0.15) is 5.78 Å². The summed E-state index contributed by atoms with van der Waals surface area (Å²) >= 11 is 0. The number of carbonyl (C=O) groups is 2. The van der Waals surface area contributed by atoms with Gasteiger partial charge in [0.25, 0.3) is 0 Å². The van der Waals surface area contributed by atoms with E-state index in [2.05, 4.69) is 6.58 Å². The van der Waals surface area contributed by atoms with E-state index in [1.54, 1.807) is 0 Å². The van der Waals surface area contributed by atoms with E-state index >= 15 is 0 Å². The quantitative estimate of drug-likeness (QED) is 0.534. The molecule has 0 unspecified atom stereocenters. The molecule has 16 heavy (non-hydrogen) atoms. The molecular weight excluding hydrogens is 204 g/mol. The maximum Gasteiger partial charge on any atom is 0.307 e. The van der Waals surface area contributed by atoms with Crippen molar-refractivity contribution in [3.05, 3.63) is 12.7 Å². The second kappa shape index (κ2) is 6.46. The lowest BCUT2D eigenvalue weighted by molar-refractivity contribution is -0.145. The van der Waals surface area contributed by atoms with Gasteiger partial charge in [-0.2, -0.15) is 0 Å². The molecule has 0 aromatic rings. The maximum absolute atomic E-state index is 11.8. The fourth-order valence-electron chi connectivity index (χ4n) is 2.41. The average Bonchev–Trinajstić information content (AvgIpc) is 2.73. The zero-order valence-electron chi connectivity index (χ0n) is 9.65. The average molecular weight is 224 g/mol. The topological polar surface area (TPSA) is 54.4 Å². The van der Waals surface area contributed by atoms with Gasteiger partial charge in [0.2, 0.25) is 0 Å². The molecule has 0 aromatic carbocycles. The van der Waals surface area contributed by atoms with Crippen LogP contribution in [0.1, 0.15) is 44.9 Å². The highest BCUT2D eigenvalue weighted by Gasteiger charge is 2.36. The fourth-order valence-corrected chi connectivity index (χ4v) is 2.41. The summed E-state index contributed by atoms with van der Waals surface area (Å²) in [5, 5.41) is 8.98. The standard InChI is InChI=1S/C13H20O3/c1-2-3-4-5-9-12(14)10-7-6-8-11(10)13(15)16/h2,10-11H,1,3-9H2,(H,15,16)/t10-,11+/m0/s1. The number of rotatable bonds is 7. The van der Waals surface area contributed by atoms with Crippen LogP contribution >= 0.6 is 0 Å². The van der Waals surface area contributed by atoms with Crippen molar-refractivity contribution in [2.24, 2.45) is 11.8 Å². The fraction of sp³-hybridized carbons (Fsp3) is 0.692. The van der Waals surface area contributed by atoms with Gasteiger partial charge in [0, 0.05) is 12.3 Å². The van der Waals surface area contributed by atoms with Crippen molar-refractivity contribution in [3.63, 3.8) is 0 Å². The molecular formula is C13H20O3. The van der Waals surface area contributed by atoms with Crippen molar-refractivity contribution < 1.29 is 14.7 Å². The van der Waals surface area contributed by atoms with Crippen LogP contribution in [-0.4, -0.2) is 16.9 Å².